The Kier molecular flexibility index (Phi) is 8.10. The fraction of sp³-hybridized carbons (Fsp3) is 0.759. The number of halogens is 1. The van der Waals surface area contributed by atoms with Gasteiger partial charge in [0.05, 0.1) is 0 Å². The van der Waals surface area contributed by atoms with Gasteiger partial charge >= 0.3 is 5.97 Å². The molecule has 0 aromatic heterocycles. The third-order valence-corrected chi connectivity index (χ3v) is 8.68. The summed E-state index contributed by atoms with van der Waals surface area (Å²) in [6.45, 7) is 14.1. The quantitative estimate of drug-likeness (QED) is 0.369. The SMILES string of the molecule is C=C1/C(=C\C=C2/CCC[C@]3(C)[C@@H]([C@H](C)CCCC(C)(C)F)CC[C@@H]23)CCC[C@@H]1OC(C)=O. The lowest BCUT2D eigenvalue weighted by Gasteiger charge is -2.44. The largest absolute Gasteiger partial charge is 0.458 e. The fourth-order valence-electron chi connectivity index (χ4n) is 7.01. The number of rotatable bonds is 7. The van der Waals surface area contributed by atoms with Crippen molar-refractivity contribution in [3.63, 3.8) is 0 Å². The minimum Gasteiger partial charge on any atom is -0.458 e. The maximum absolute atomic E-state index is 13.9. The van der Waals surface area contributed by atoms with Crippen LogP contribution >= 0.6 is 0 Å². The van der Waals surface area contributed by atoms with Crippen molar-refractivity contribution in [3.05, 3.63) is 35.5 Å². The van der Waals surface area contributed by atoms with Crippen LogP contribution in [0.2, 0.25) is 0 Å². The van der Waals surface area contributed by atoms with Gasteiger partial charge in [0.2, 0.25) is 0 Å². The molecule has 0 saturated heterocycles. The van der Waals surface area contributed by atoms with Gasteiger partial charge in [-0.3, -0.25) is 4.79 Å². The van der Waals surface area contributed by atoms with Crippen molar-refractivity contribution in [1.82, 2.24) is 0 Å². The summed E-state index contributed by atoms with van der Waals surface area (Å²) in [7, 11) is 0. The highest BCUT2D eigenvalue weighted by Crippen LogP contribution is 2.60. The topological polar surface area (TPSA) is 26.3 Å². The number of ether oxygens (including phenoxy) is 1. The minimum atomic E-state index is -1.05. The van der Waals surface area contributed by atoms with Crippen LogP contribution in [-0.2, 0) is 9.53 Å². The van der Waals surface area contributed by atoms with Crippen molar-refractivity contribution in [1.29, 1.82) is 0 Å². The molecule has 0 aliphatic heterocycles. The van der Waals surface area contributed by atoms with Crippen molar-refractivity contribution in [2.75, 3.05) is 0 Å². The Bertz CT molecular complexity index is 756. The van der Waals surface area contributed by atoms with Gasteiger partial charge in [-0.15, -0.1) is 0 Å². The molecule has 0 heterocycles. The molecule has 3 aliphatic rings. The summed E-state index contributed by atoms with van der Waals surface area (Å²) in [5, 5.41) is 0. The van der Waals surface area contributed by atoms with Crippen LogP contribution in [0.15, 0.2) is 35.5 Å². The van der Waals surface area contributed by atoms with Gasteiger partial charge in [-0.05, 0) is 106 Å². The zero-order valence-corrected chi connectivity index (χ0v) is 21.1. The molecule has 3 aliphatic carbocycles. The smallest absolute Gasteiger partial charge is 0.303 e. The average molecular weight is 445 g/mol. The third kappa shape index (κ3) is 5.94. The molecule has 0 unspecified atom stereocenters. The Balaban J connectivity index is 1.69. The van der Waals surface area contributed by atoms with Crippen LogP contribution in [0.3, 0.4) is 0 Å². The lowest BCUT2D eigenvalue weighted by Crippen LogP contribution is -2.36. The molecule has 180 valence electrons. The second-order valence-corrected chi connectivity index (χ2v) is 11.6. The summed E-state index contributed by atoms with van der Waals surface area (Å²) in [6.07, 6.45) is 16.6. The summed E-state index contributed by atoms with van der Waals surface area (Å²) in [5.74, 6) is 1.84. The molecule has 0 radical (unpaired) electrons. The zero-order valence-electron chi connectivity index (χ0n) is 21.1. The second-order valence-electron chi connectivity index (χ2n) is 11.6. The van der Waals surface area contributed by atoms with Crippen molar-refractivity contribution in [2.24, 2.45) is 23.2 Å². The number of hydrogen-bond donors (Lipinski definition) is 0. The van der Waals surface area contributed by atoms with Crippen molar-refractivity contribution in [2.45, 2.75) is 117 Å². The number of allylic oxidation sites excluding steroid dienone is 3. The first-order valence-corrected chi connectivity index (χ1v) is 13.0. The molecule has 5 atom stereocenters. The molecule has 0 spiro atoms. The molecule has 0 aromatic carbocycles. The van der Waals surface area contributed by atoms with Crippen LogP contribution < -0.4 is 0 Å². The first kappa shape index (κ1) is 25.2. The zero-order chi connectivity index (χ0) is 23.5. The fourth-order valence-corrected chi connectivity index (χ4v) is 7.01. The highest BCUT2D eigenvalue weighted by molar-refractivity contribution is 5.66. The average Bonchev–Trinajstić information content (AvgIpc) is 3.05. The lowest BCUT2D eigenvalue weighted by molar-refractivity contribution is -0.145. The van der Waals surface area contributed by atoms with E-state index in [0.29, 0.717) is 23.7 Å². The van der Waals surface area contributed by atoms with E-state index in [4.69, 9.17) is 4.74 Å². The van der Waals surface area contributed by atoms with Crippen LogP contribution in [0, 0.1) is 23.2 Å². The molecular weight excluding hydrogens is 399 g/mol. The first-order chi connectivity index (χ1) is 15.0. The number of esters is 1. The van der Waals surface area contributed by atoms with Gasteiger partial charge in [-0.1, -0.05) is 51.0 Å². The van der Waals surface area contributed by atoms with E-state index < -0.39 is 5.67 Å². The maximum Gasteiger partial charge on any atom is 0.303 e. The van der Waals surface area contributed by atoms with Crippen molar-refractivity contribution >= 4 is 5.97 Å². The molecule has 0 bridgehead atoms. The molecule has 3 fully saturated rings. The van der Waals surface area contributed by atoms with Gasteiger partial charge in [0.25, 0.3) is 0 Å². The van der Waals surface area contributed by atoms with E-state index >= 15 is 0 Å². The standard InChI is InChI=1S/C29H45FO2/c1-20(10-8-18-28(4,5)30)25-16-17-26-24(12-9-19-29(25,26)6)15-14-23-11-7-13-27(21(23)2)32-22(3)31/h14-15,20,25-27H,2,7-13,16-19H2,1,3-6H3/b23-14-,24-15+/t20-,25-,26+,27+,29-/m1/s1. The predicted octanol–water partition coefficient (Wildman–Crippen LogP) is 8.28. The van der Waals surface area contributed by atoms with E-state index in [0.717, 1.165) is 43.6 Å². The molecule has 0 aromatic rings. The van der Waals surface area contributed by atoms with Crippen LogP contribution in [0.25, 0.3) is 0 Å². The van der Waals surface area contributed by atoms with E-state index in [9.17, 15) is 9.18 Å². The Morgan fingerprint density at radius 2 is 2.00 bits per heavy atom. The van der Waals surface area contributed by atoms with Crippen molar-refractivity contribution < 1.29 is 13.9 Å². The highest BCUT2D eigenvalue weighted by atomic mass is 19.1. The van der Waals surface area contributed by atoms with Crippen molar-refractivity contribution in [3.8, 4) is 0 Å². The molecule has 32 heavy (non-hydrogen) atoms. The Labute approximate surface area is 195 Å². The molecular formula is C29H45FO2. The van der Waals surface area contributed by atoms with E-state index in [1.54, 1.807) is 19.4 Å². The predicted molar refractivity (Wildman–Crippen MR) is 131 cm³/mol. The molecule has 3 rings (SSSR count). The normalized spacial score (nSPS) is 34.6. The number of hydrogen-bond acceptors (Lipinski definition) is 2. The molecule has 3 heteroatoms. The molecule has 2 nitrogen and oxygen atoms in total. The number of fused-ring (bicyclic) bond motifs is 1. The Hall–Kier alpha value is -1.38. The monoisotopic (exact) mass is 444 g/mol. The second kappa shape index (κ2) is 10.3. The van der Waals surface area contributed by atoms with Gasteiger partial charge in [-0.25, -0.2) is 4.39 Å². The van der Waals surface area contributed by atoms with Gasteiger partial charge in [-0.2, -0.15) is 0 Å². The molecule has 0 amide bonds. The number of carbonyl (C=O) groups is 1. The number of carbonyl (C=O) groups excluding carboxylic acids is 1. The van der Waals surface area contributed by atoms with Gasteiger partial charge in [0, 0.05) is 6.92 Å². The van der Waals surface area contributed by atoms with Crippen LogP contribution in [0.5, 0.6) is 0 Å². The van der Waals surface area contributed by atoms with Gasteiger partial charge in [0.15, 0.2) is 0 Å². The molecule has 0 N–H and O–H groups in total. The third-order valence-electron chi connectivity index (χ3n) is 8.68. The van der Waals surface area contributed by atoms with Crippen LogP contribution in [0.1, 0.15) is 105 Å². The summed E-state index contributed by atoms with van der Waals surface area (Å²) < 4.78 is 19.4. The Morgan fingerprint density at radius 1 is 1.25 bits per heavy atom. The minimum absolute atomic E-state index is 0.159. The summed E-state index contributed by atoms with van der Waals surface area (Å²) >= 11 is 0. The summed E-state index contributed by atoms with van der Waals surface area (Å²) in [6, 6.07) is 0. The van der Waals surface area contributed by atoms with Crippen LogP contribution in [0.4, 0.5) is 4.39 Å². The van der Waals surface area contributed by atoms with E-state index in [1.807, 2.05) is 0 Å². The van der Waals surface area contributed by atoms with Crippen LogP contribution in [-0.4, -0.2) is 17.7 Å². The van der Waals surface area contributed by atoms with Gasteiger partial charge in [0.1, 0.15) is 11.8 Å². The van der Waals surface area contributed by atoms with Gasteiger partial charge < -0.3 is 4.74 Å². The lowest BCUT2D eigenvalue weighted by atomic mass is 9.60. The molecule has 3 saturated carbocycles. The van der Waals surface area contributed by atoms with E-state index in [-0.39, 0.29) is 12.1 Å². The highest BCUT2D eigenvalue weighted by Gasteiger charge is 2.50. The number of alkyl halides is 1. The maximum atomic E-state index is 13.9. The summed E-state index contributed by atoms with van der Waals surface area (Å²) in [5.41, 5.74) is 3.16. The van der Waals surface area contributed by atoms with E-state index in [1.165, 1.54) is 44.6 Å². The summed E-state index contributed by atoms with van der Waals surface area (Å²) in [4.78, 5) is 11.4. The van der Waals surface area contributed by atoms with E-state index in [2.05, 4.69) is 32.6 Å². The Morgan fingerprint density at radius 3 is 2.69 bits per heavy atom. The first-order valence-electron chi connectivity index (χ1n) is 13.0.